The molecule has 0 radical (unpaired) electrons. The van der Waals surface area contributed by atoms with Crippen LogP contribution < -0.4 is 10.5 Å². The molecule has 1 saturated heterocycles. The number of esters is 1. The third-order valence-corrected chi connectivity index (χ3v) is 3.49. The predicted molar refractivity (Wildman–Crippen MR) is 78.0 cm³/mol. The molecule has 0 aliphatic carbocycles. The van der Waals surface area contributed by atoms with Crippen LogP contribution in [0.1, 0.15) is 30.1 Å². The highest BCUT2D eigenvalue weighted by atomic mass is 16.5. The highest BCUT2D eigenvalue weighted by molar-refractivity contribution is 5.95. The van der Waals surface area contributed by atoms with Gasteiger partial charge in [-0.15, -0.1) is 0 Å². The molecule has 1 fully saturated rings. The van der Waals surface area contributed by atoms with Gasteiger partial charge in [0, 0.05) is 18.8 Å². The lowest BCUT2D eigenvalue weighted by Crippen LogP contribution is -2.35. The van der Waals surface area contributed by atoms with Gasteiger partial charge >= 0.3 is 5.97 Å². The molecule has 5 nitrogen and oxygen atoms in total. The summed E-state index contributed by atoms with van der Waals surface area (Å²) in [6.45, 7) is 4.17. The molecule has 110 valence electrons. The molecule has 2 rings (SSSR count). The van der Waals surface area contributed by atoms with Crippen LogP contribution in [0.4, 0.5) is 5.69 Å². The van der Waals surface area contributed by atoms with E-state index in [1.807, 2.05) is 0 Å². The summed E-state index contributed by atoms with van der Waals surface area (Å²) in [6.07, 6.45) is 2.19. The average Bonchev–Trinajstić information content (AvgIpc) is 2.43. The Labute approximate surface area is 119 Å². The molecule has 0 atom stereocenters. The van der Waals surface area contributed by atoms with Crippen molar-refractivity contribution in [2.75, 3.05) is 32.5 Å². The maximum atomic E-state index is 11.8. The first-order chi connectivity index (χ1) is 9.60. The van der Waals surface area contributed by atoms with Gasteiger partial charge in [0.25, 0.3) is 0 Å². The Bertz CT molecular complexity index is 468. The molecule has 1 heterocycles. The van der Waals surface area contributed by atoms with Gasteiger partial charge in [0.1, 0.15) is 11.9 Å². The molecule has 0 amide bonds. The minimum absolute atomic E-state index is 0.199. The second-order valence-corrected chi connectivity index (χ2v) is 5.09. The zero-order valence-corrected chi connectivity index (χ0v) is 12.1. The summed E-state index contributed by atoms with van der Waals surface area (Å²) in [5.74, 6) is 0.274. The van der Waals surface area contributed by atoms with Crippen LogP contribution in [-0.4, -0.2) is 43.7 Å². The summed E-state index contributed by atoms with van der Waals surface area (Å²) in [6, 6.07) is 5.17. The number of ether oxygens (including phenoxy) is 2. The van der Waals surface area contributed by atoms with Crippen LogP contribution in [0.15, 0.2) is 18.2 Å². The maximum Gasteiger partial charge on any atom is 0.340 e. The van der Waals surface area contributed by atoms with Gasteiger partial charge in [0.05, 0.1) is 12.2 Å². The van der Waals surface area contributed by atoms with Crippen molar-refractivity contribution in [3.05, 3.63) is 23.8 Å². The van der Waals surface area contributed by atoms with E-state index in [1.165, 1.54) is 0 Å². The summed E-state index contributed by atoms with van der Waals surface area (Å²) in [4.78, 5) is 14.1. The highest BCUT2D eigenvalue weighted by Gasteiger charge is 2.19. The van der Waals surface area contributed by atoms with Crippen LogP contribution >= 0.6 is 0 Å². The molecular weight excluding hydrogens is 256 g/mol. The Morgan fingerprint density at radius 3 is 2.75 bits per heavy atom. The molecule has 1 aliphatic heterocycles. The fourth-order valence-electron chi connectivity index (χ4n) is 2.29. The number of rotatable bonds is 4. The number of benzene rings is 1. The molecule has 20 heavy (non-hydrogen) atoms. The Kier molecular flexibility index (Phi) is 4.84. The Morgan fingerprint density at radius 1 is 1.40 bits per heavy atom. The summed E-state index contributed by atoms with van der Waals surface area (Å²) < 4.78 is 10.9. The quantitative estimate of drug-likeness (QED) is 0.673. The number of carbonyl (C=O) groups is 1. The minimum atomic E-state index is -0.404. The van der Waals surface area contributed by atoms with Gasteiger partial charge in [-0.3, -0.25) is 0 Å². The standard InChI is InChI=1S/C15H22N2O3/c1-3-19-15(18)13-10-12(4-5-14(13)16)20-11-6-8-17(2)9-7-11/h4-5,10-11H,3,6-9,16H2,1-2H3. The van der Waals surface area contributed by atoms with Gasteiger partial charge in [-0.2, -0.15) is 0 Å². The van der Waals surface area contributed by atoms with E-state index in [9.17, 15) is 4.79 Å². The van der Waals surface area contributed by atoms with E-state index in [-0.39, 0.29) is 6.10 Å². The topological polar surface area (TPSA) is 64.8 Å². The Morgan fingerprint density at radius 2 is 2.10 bits per heavy atom. The molecular formula is C15H22N2O3. The van der Waals surface area contributed by atoms with E-state index >= 15 is 0 Å². The average molecular weight is 278 g/mol. The lowest BCUT2D eigenvalue weighted by Gasteiger charge is -2.29. The lowest BCUT2D eigenvalue weighted by molar-refractivity contribution is 0.0526. The van der Waals surface area contributed by atoms with E-state index in [1.54, 1.807) is 25.1 Å². The van der Waals surface area contributed by atoms with Crippen molar-refractivity contribution < 1.29 is 14.3 Å². The Hall–Kier alpha value is -1.75. The third kappa shape index (κ3) is 3.63. The smallest absolute Gasteiger partial charge is 0.340 e. The fourth-order valence-corrected chi connectivity index (χ4v) is 2.29. The zero-order valence-electron chi connectivity index (χ0n) is 12.1. The van der Waals surface area contributed by atoms with Gasteiger partial charge in [-0.25, -0.2) is 4.79 Å². The fraction of sp³-hybridized carbons (Fsp3) is 0.533. The molecule has 2 N–H and O–H groups in total. The van der Waals surface area contributed by atoms with Crippen LogP contribution in [-0.2, 0) is 4.74 Å². The first-order valence-electron chi connectivity index (χ1n) is 7.02. The molecule has 0 aromatic heterocycles. The highest BCUT2D eigenvalue weighted by Crippen LogP contribution is 2.23. The molecule has 0 spiro atoms. The van der Waals surface area contributed by atoms with E-state index in [2.05, 4.69) is 11.9 Å². The normalized spacial score (nSPS) is 16.9. The van der Waals surface area contributed by atoms with Crippen LogP contribution in [0.3, 0.4) is 0 Å². The van der Waals surface area contributed by atoms with Crippen molar-refractivity contribution in [3.63, 3.8) is 0 Å². The first kappa shape index (κ1) is 14.7. The van der Waals surface area contributed by atoms with Gasteiger partial charge in [-0.05, 0) is 45.0 Å². The zero-order chi connectivity index (χ0) is 14.5. The number of hydrogen-bond acceptors (Lipinski definition) is 5. The van der Waals surface area contributed by atoms with Gasteiger partial charge in [0.15, 0.2) is 0 Å². The van der Waals surface area contributed by atoms with Crippen LogP contribution in [0.5, 0.6) is 5.75 Å². The molecule has 0 unspecified atom stereocenters. The van der Waals surface area contributed by atoms with E-state index < -0.39 is 5.97 Å². The molecule has 5 heteroatoms. The number of nitrogens with two attached hydrogens (primary N) is 1. The van der Waals surface area contributed by atoms with Crippen molar-refractivity contribution in [1.29, 1.82) is 0 Å². The summed E-state index contributed by atoms with van der Waals surface area (Å²) in [5.41, 5.74) is 6.60. The number of hydrogen-bond donors (Lipinski definition) is 1. The van der Waals surface area contributed by atoms with Gasteiger partial charge < -0.3 is 20.1 Å². The number of carbonyl (C=O) groups excluding carboxylic acids is 1. The lowest BCUT2D eigenvalue weighted by atomic mass is 10.1. The van der Waals surface area contributed by atoms with Crippen molar-refractivity contribution in [3.8, 4) is 5.75 Å². The summed E-state index contributed by atoms with van der Waals surface area (Å²) in [7, 11) is 2.11. The second kappa shape index (κ2) is 6.61. The van der Waals surface area contributed by atoms with Gasteiger partial charge in [0.2, 0.25) is 0 Å². The third-order valence-electron chi connectivity index (χ3n) is 3.49. The van der Waals surface area contributed by atoms with E-state index in [4.69, 9.17) is 15.2 Å². The molecule has 0 saturated carbocycles. The Balaban J connectivity index is 2.05. The number of likely N-dealkylation sites (tertiary alicyclic amines) is 1. The predicted octanol–water partition coefficient (Wildman–Crippen LogP) is 1.92. The van der Waals surface area contributed by atoms with Crippen LogP contribution in [0.25, 0.3) is 0 Å². The number of anilines is 1. The number of nitrogens with zero attached hydrogens (tertiary/aromatic N) is 1. The van der Waals surface area contributed by atoms with Crippen LogP contribution in [0, 0.1) is 0 Å². The van der Waals surface area contributed by atoms with Crippen molar-refractivity contribution >= 4 is 11.7 Å². The van der Waals surface area contributed by atoms with E-state index in [0.29, 0.717) is 23.6 Å². The van der Waals surface area contributed by atoms with E-state index in [0.717, 1.165) is 25.9 Å². The molecule has 1 aromatic carbocycles. The van der Waals surface area contributed by atoms with Gasteiger partial charge in [-0.1, -0.05) is 0 Å². The maximum absolute atomic E-state index is 11.8. The van der Waals surface area contributed by atoms with Crippen molar-refractivity contribution in [2.45, 2.75) is 25.9 Å². The minimum Gasteiger partial charge on any atom is -0.490 e. The number of piperidine rings is 1. The number of nitrogen functional groups attached to an aromatic ring is 1. The second-order valence-electron chi connectivity index (χ2n) is 5.09. The molecule has 1 aliphatic rings. The summed E-state index contributed by atoms with van der Waals surface area (Å²) >= 11 is 0. The van der Waals surface area contributed by atoms with Crippen molar-refractivity contribution in [1.82, 2.24) is 4.90 Å². The van der Waals surface area contributed by atoms with Crippen molar-refractivity contribution in [2.24, 2.45) is 0 Å². The van der Waals surface area contributed by atoms with Crippen LogP contribution in [0.2, 0.25) is 0 Å². The first-order valence-corrected chi connectivity index (χ1v) is 7.02. The monoisotopic (exact) mass is 278 g/mol. The summed E-state index contributed by atoms with van der Waals surface area (Å²) in [5, 5.41) is 0. The molecule has 1 aromatic rings. The largest absolute Gasteiger partial charge is 0.490 e. The SMILES string of the molecule is CCOC(=O)c1cc(OC2CCN(C)CC2)ccc1N. The molecule has 0 bridgehead atoms.